The summed E-state index contributed by atoms with van der Waals surface area (Å²) in [4.78, 5) is 22.8. The van der Waals surface area contributed by atoms with E-state index in [4.69, 9.17) is 34.8 Å². The molecule has 110 valence electrons. The molecule has 1 aromatic carbocycles. The molecule has 8 heteroatoms. The van der Waals surface area contributed by atoms with Gasteiger partial charge in [-0.3, -0.25) is 4.79 Å². The van der Waals surface area contributed by atoms with Gasteiger partial charge in [0.1, 0.15) is 6.17 Å². The van der Waals surface area contributed by atoms with Crippen LogP contribution in [0.2, 0.25) is 0 Å². The molecule has 5 nitrogen and oxygen atoms in total. The van der Waals surface area contributed by atoms with Crippen LogP contribution in [-0.2, 0) is 9.53 Å². The number of alkyl halides is 3. The zero-order chi connectivity index (χ0) is 15.3. The number of para-hydroxylation sites is 1. The van der Waals surface area contributed by atoms with Gasteiger partial charge in [0.25, 0.3) is 0 Å². The molecule has 0 aliphatic heterocycles. The van der Waals surface area contributed by atoms with Crippen molar-refractivity contribution in [3.05, 3.63) is 29.8 Å². The molecule has 0 radical (unpaired) electrons. The number of amides is 1. The van der Waals surface area contributed by atoms with E-state index in [0.29, 0.717) is 5.69 Å². The van der Waals surface area contributed by atoms with Crippen molar-refractivity contribution >= 4 is 52.4 Å². The quantitative estimate of drug-likeness (QED) is 0.503. The largest absolute Gasteiger partial charge is 0.465 e. The monoisotopic (exact) mass is 338 g/mol. The van der Waals surface area contributed by atoms with Crippen LogP contribution in [0.15, 0.2) is 24.3 Å². The minimum atomic E-state index is -1.80. The SMILES string of the molecule is COC(=O)c1ccccc1N[C@@H](NC(C)=O)C(Cl)(Cl)Cl. The molecule has 2 N–H and O–H groups in total. The number of benzene rings is 1. The standard InChI is InChI=1S/C12H13Cl3N2O3/c1-7(18)16-11(12(13,14)15)17-9-6-4-3-5-8(9)10(19)20-2/h3-6,11,17H,1-2H3,(H,16,18)/t11-/m1/s1. The third kappa shape index (κ3) is 4.74. The average molecular weight is 340 g/mol. The minimum absolute atomic E-state index is 0.264. The fourth-order valence-electron chi connectivity index (χ4n) is 1.46. The second kappa shape index (κ2) is 7.02. The third-order valence-corrected chi connectivity index (χ3v) is 2.96. The summed E-state index contributed by atoms with van der Waals surface area (Å²) in [6.45, 7) is 1.29. The first kappa shape index (κ1) is 16.9. The molecule has 1 aromatic rings. The summed E-state index contributed by atoms with van der Waals surface area (Å²) in [6.07, 6.45) is -1.00. The van der Waals surface area contributed by atoms with Crippen LogP contribution in [0.25, 0.3) is 0 Å². The Balaban J connectivity index is 3.05. The first-order valence-electron chi connectivity index (χ1n) is 5.53. The Kier molecular flexibility index (Phi) is 5.92. The molecule has 1 atom stereocenters. The number of rotatable bonds is 4. The van der Waals surface area contributed by atoms with Gasteiger partial charge in [-0.1, -0.05) is 46.9 Å². The lowest BCUT2D eigenvalue weighted by molar-refractivity contribution is -0.119. The number of esters is 1. The zero-order valence-electron chi connectivity index (χ0n) is 10.7. The Hall–Kier alpha value is -1.17. The lowest BCUT2D eigenvalue weighted by atomic mass is 10.1. The fraction of sp³-hybridized carbons (Fsp3) is 0.333. The number of hydrogen-bond acceptors (Lipinski definition) is 4. The Morgan fingerprint density at radius 3 is 2.35 bits per heavy atom. The van der Waals surface area contributed by atoms with Crippen LogP contribution in [0.4, 0.5) is 5.69 Å². The molecule has 0 spiro atoms. The number of hydrogen-bond donors (Lipinski definition) is 2. The number of carbonyl (C=O) groups excluding carboxylic acids is 2. The maximum Gasteiger partial charge on any atom is 0.339 e. The number of carbonyl (C=O) groups is 2. The van der Waals surface area contributed by atoms with Crippen molar-refractivity contribution < 1.29 is 14.3 Å². The van der Waals surface area contributed by atoms with Crippen molar-refractivity contribution in [2.24, 2.45) is 0 Å². The topological polar surface area (TPSA) is 67.4 Å². The van der Waals surface area contributed by atoms with Gasteiger partial charge in [0.05, 0.1) is 18.4 Å². The van der Waals surface area contributed by atoms with Gasteiger partial charge in [0.2, 0.25) is 9.70 Å². The molecule has 0 fully saturated rings. The second-order valence-corrected chi connectivity index (χ2v) is 6.23. The van der Waals surface area contributed by atoms with Gasteiger partial charge in [-0.2, -0.15) is 0 Å². The van der Waals surface area contributed by atoms with E-state index < -0.39 is 15.9 Å². The Morgan fingerprint density at radius 1 is 1.25 bits per heavy atom. The second-order valence-electron chi connectivity index (χ2n) is 3.86. The van der Waals surface area contributed by atoms with Crippen molar-refractivity contribution in [2.45, 2.75) is 16.9 Å². The lowest BCUT2D eigenvalue weighted by Crippen LogP contribution is -2.48. The van der Waals surface area contributed by atoms with Crippen LogP contribution in [0, 0.1) is 0 Å². The highest BCUT2D eigenvalue weighted by Gasteiger charge is 2.34. The van der Waals surface area contributed by atoms with Gasteiger partial charge in [0, 0.05) is 6.92 Å². The third-order valence-electron chi connectivity index (χ3n) is 2.31. The predicted octanol–water partition coefficient (Wildman–Crippen LogP) is 2.72. The van der Waals surface area contributed by atoms with Crippen LogP contribution < -0.4 is 10.6 Å². The first-order valence-corrected chi connectivity index (χ1v) is 6.66. The molecule has 1 amide bonds. The van der Waals surface area contributed by atoms with E-state index in [9.17, 15) is 9.59 Å². The van der Waals surface area contributed by atoms with E-state index in [0.717, 1.165) is 0 Å². The summed E-state index contributed by atoms with van der Waals surface area (Å²) in [5, 5.41) is 5.26. The molecule has 0 aliphatic rings. The Morgan fingerprint density at radius 2 is 1.85 bits per heavy atom. The molecule has 0 saturated heterocycles. The molecule has 0 heterocycles. The molecule has 0 unspecified atom stereocenters. The molecule has 0 aromatic heterocycles. The summed E-state index contributed by atoms with van der Waals surface area (Å²) in [5.74, 6) is -0.927. The maximum atomic E-state index is 11.6. The molecule has 0 aliphatic carbocycles. The van der Waals surface area contributed by atoms with E-state index in [1.54, 1.807) is 24.3 Å². The normalized spacial score (nSPS) is 12.4. The first-order chi connectivity index (χ1) is 9.25. The van der Waals surface area contributed by atoms with Crippen LogP contribution in [0.5, 0.6) is 0 Å². The van der Waals surface area contributed by atoms with E-state index >= 15 is 0 Å². The molecular weight excluding hydrogens is 327 g/mol. The zero-order valence-corrected chi connectivity index (χ0v) is 13.0. The van der Waals surface area contributed by atoms with Gasteiger partial charge in [-0.25, -0.2) is 4.79 Å². The Labute approximate surface area is 131 Å². The molecule has 20 heavy (non-hydrogen) atoms. The van der Waals surface area contributed by atoms with Crippen molar-refractivity contribution in [3.63, 3.8) is 0 Å². The summed E-state index contributed by atoms with van der Waals surface area (Å²) in [7, 11) is 1.26. The van der Waals surface area contributed by atoms with E-state index in [2.05, 4.69) is 15.4 Å². The van der Waals surface area contributed by atoms with Crippen LogP contribution in [-0.4, -0.2) is 28.9 Å². The highest BCUT2D eigenvalue weighted by molar-refractivity contribution is 6.68. The maximum absolute atomic E-state index is 11.6. The van der Waals surface area contributed by atoms with Gasteiger partial charge in [-0.05, 0) is 12.1 Å². The number of halogens is 3. The highest BCUT2D eigenvalue weighted by Crippen LogP contribution is 2.31. The smallest absolute Gasteiger partial charge is 0.339 e. The van der Waals surface area contributed by atoms with Gasteiger partial charge < -0.3 is 15.4 Å². The highest BCUT2D eigenvalue weighted by atomic mass is 35.6. The number of ether oxygens (including phenoxy) is 1. The number of anilines is 1. The van der Waals surface area contributed by atoms with Crippen LogP contribution in [0.3, 0.4) is 0 Å². The lowest BCUT2D eigenvalue weighted by Gasteiger charge is -2.27. The molecule has 1 rings (SSSR count). The Bertz CT molecular complexity index is 503. The minimum Gasteiger partial charge on any atom is -0.465 e. The van der Waals surface area contributed by atoms with Crippen molar-refractivity contribution in [1.29, 1.82) is 0 Å². The predicted molar refractivity (Wildman–Crippen MR) is 79.3 cm³/mol. The molecule has 0 bridgehead atoms. The summed E-state index contributed by atoms with van der Waals surface area (Å²) >= 11 is 17.4. The van der Waals surface area contributed by atoms with Crippen molar-refractivity contribution in [3.8, 4) is 0 Å². The molecular formula is C12H13Cl3N2O3. The van der Waals surface area contributed by atoms with Crippen molar-refractivity contribution in [2.75, 3.05) is 12.4 Å². The van der Waals surface area contributed by atoms with E-state index in [1.807, 2.05) is 0 Å². The molecule has 0 saturated carbocycles. The summed E-state index contributed by atoms with van der Waals surface area (Å²) in [6, 6.07) is 6.52. The number of methoxy groups -OCH3 is 1. The van der Waals surface area contributed by atoms with Crippen LogP contribution in [0.1, 0.15) is 17.3 Å². The number of nitrogens with one attached hydrogen (secondary N) is 2. The van der Waals surface area contributed by atoms with E-state index in [-0.39, 0.29) is 11.5 Å². The van der Waals surface area contributed by atoms with Gasteiger partial charge in [0.15, 0.2) is 0 Å². The fourth-order valence-corrected chi connectivity index (χ4v) is 1.78. The van der Waals surface area contributed by atoms with Crippen molar-refractivity contribution in [1.82, 2.24) is 5.32 Å². The van der Waals surface area contributed by atoms with E-state index in [1.165, 1.54) is 14.0 Å². The summed E-state index contributed by atoms with van der Waals surface area (Å²) in [5.41, 5.74) is 0.643. The van der Waals surface area contributed by atoms with Crippen LogP contribution >= 0.6 is 34.8 Å². The average Bonchev–Trinajstić information content (AvgIpc) is 2.36. The summed E-state index contributed by atoms with van der Waals surface area (Å²) < 4.78 is 2.86. The van der Waals surface area contributed by atoms with Gasteiger partial charge in [-0.15, -0.1) is 0 Å². The van der Waals surface area contributed by atoms with Gasteiger partial charge >= 0.3 is 5.97 Å².